The van der Waals surface area contributed by atoms with Crippen molar-refractivity contribution >= 4 is 17.6 Å². The Kier molecular flexibility index (Phi) is 4.28. The minimum absolute atomic E-state index is 0.370. The zero-order valence-electron chi connectivity index (χ0n) is 8.49. The number of aromatic nitrogens is 1. The maximum Gasteiger partial charge on any atom is 0.314 e. The molecule has 0 bridgehead atoms. The van der Waals surface area contributed by atoms with Gasteiger partial charge in [0, 0.05) is 12.7 Å². The van der Waals surface area contributed by atoms with Crippen LogP contribution in [0.1, 0.15) is 13.3 Å². The minimum Gasteiger partial charge on any atom is -0.348 e. The van der Waals surface area contributed by atoms with Gasteiger partial charge in [0.25, 0.3) is 0 Å². The summed E-state index contributed by atoms with van der Waals surface area (Å²) in [7, 11) is 0. The number of carbonyl (C=O) groups is 2. The molecule has 0 aliphatic carbocycles. The second kappa shape index (κ2) is 5.74. The maximum atomic E-state index is 11.3. The van der Waals surface area contributed by atoms with E-state index in [1.165, 1.54) is 0 Å². The molecular weight excluding hydrogens is 194 g/mol. The number of nitrogens with zero attached hydrogens (tertiary/aromatic N) is 1. The highest BCUT2D eigenvalue weighted by Gasteiger charge is 2.12. The van der Waals surface area contributed by atoms with Gasteiger partial charge in [-0.15, -0.1) is 0 Å². The first-order valence-corrected chi connectivity index (χ1v) is 4.74. The Morgan fingerprint density at radius 2 is 2.13 bits per heavy atom. The summed E-state index contributed by atoms with van der Waals surface area (Å²) in [6.07, 6.45) is 2.34. The molecule has 0 fully saturated rings. The van der Waals surface area contributed by atoms with E-state index in [-0.39, 0.29) is 0 Å². The van der Waals surface area contributed by atoms with Crippen molar-refractivity contribution in [3.05, 3.63) is 24.4 Å². The van der Waals surface area contributed by atoms with Crippen LogP contribution in [0.25, 0.3) is 0 Å². The fourth-order valence-corrected chi connectivity index (χ4v) is 0.929. The number of hydrogen-bond acceptors (Lipinski definition) is 3. The summed E-state index contributed by atoms with van der Waals surface area (Å²) in [6, 6.07) is 5.07. The van der Waals surface area contributed by atoms with Gasteiger partial charge in [-0.3, -0.25) is 9.59 Å². The van der Waals surface area contributed by atoms with Crippen LogP contribution in [0.15, 0.2) is 24.4 Å². The average Bonchev–Trinajstić information content (AvgIpc) is 2.27. The molecule has 0 radical (unpaired) electrons. The van der Waals surface area contributed by atoms with Crippen LogP contribution >= 0.6 is 0 Å². The molecule has 1 aromatic rings. The van der Waals surface area contributed by atoms with Gasteiger partial charge >= 0.3 is 11.8 Å². The molecule has 0 saturated carbocycles. The summed E-state index contributed by atoms with van der Waals surface area (Å²) < 4.78 is 0. The van der Waals surface area contributed by atoms with E-state index in [4.69, 9.17) is 0 Å². The van der Waals surface area contributed by atoms with Gasteiger partial charge in [-0.25, -0.2) is 4.98 Å². The molecule has 5 heteroatoms. The van der Waals surface area contributed by atoms with Crippen LogP contribution in [0.4, 0.5) is 5.82 Å². The molecule has 1 heterocycles. The summed E-state index contributed by atoms with van der Waals surface area (Å²) >= 11 is 0. The van der Waals surface area contributed by atoms with E-state index in [9.17, 15) is 9.59 Å². The van der Waals surface area contributed by atoms with Gasteiger partial charge in [-0.1, -0.05) is 13.0 Å². The van der Waals surface area contributed by atoms with Crippen LogP contribution in [-0.2, 0) is 9.59 Å². The van der Waals surface area contributed by atoms with Crippen LogP contribution in [0, 0.1) is 0 Å². The van der Waals surface area contributed by atoms with Crippen LogP contribution in [-0.4, -0.2) is 23.3 Å². The molecule has 5 nitrogen and oxygen atoms in total. The van der Waals surface area contributed by atoms with Crippen molar-refractivity contribution in [1.82, 2.24) is 10.3 Å². The van der Waals surface area contributed by atoms with Crippen LogP contribution < -0.4 is 10.6 Å². The molecule has 1 aromatic heterocycles. The summed E-state index contributed by atoms with van der Waals surface area (Å²) in [6.45, 7) is 2.41. The number of hydrogen-bond donors (Lipinski definition) is 2. The van der Waals surface area contributed by atoms with E-state index in [0.29, 0.717) is 12.4 Å². The lowest BCUT2D eigenvalue weighted by molar-refractivity contribution is -0.136. The SMILES string of the molecule is CCCNC(=O)C(=O)Nc1ccccn1. The molecule has 0 saturated heterocycles. The highest BCUT2D eigenvalue weighted by atomic mass is 16.2. The summed E-state index contributed by atoms with van der Waals surface area (Å²) in [5, 5.41) is 4.86. The van der Waals surface area contributed by atoms with Gasteiger partial charge in [0.2, 0.25) is 0 Å². The van der Waals surface area contributed by atoms with Gasteiger partial charge < -0.3 is 10.6 Å². The zero-order chi connectivity index (χ0) is 11.1. The Morgan fingerprint density at radius 3 is 2.73 bits per heavy atom. The van der Waals surface area contributed by atoms with Crippen molar-refractivity contribution in [3.63, 3.8) is 0 Å². The van der Waals surface area contributed by atoms with Gasteiger partial charge in [0.1, 0.15) is 5.82 Å². The van der Waals surface area contributed by atoms with Crippen molar-refractivity contribution in [2.75, 3.05) is 11.9 Å². The van der Waals surface area contributed by atoms with Gasteiger partial charge in [-0.05, 0) is 18.6 Å². The third-order valence-corrected chi connectivity index (χ3v) is 1.65. The first-order chi connectivity index (χ1) is 7.24. The first kappa shape index (κ1) is 11.2. The summed E-state index contributed by atoms with van der Waals surface area (Å²) in [5.74, 6) is -0.959. The highest BCUT2D eigenvalue weighted by molar-refractivity contribution is 6.39. The van der Waals surface area contributed by atoms with Crippen LogP contribution in [0.3, 0.4) is 0 Å². The quantitative estimate of drug-likeness (QED) is 0.711. The van der Waals surface area contributed by atoms with E-state index in [0.717, 1.165) is 6.42 Å². The zero-order valence-corrected chi connectivity index (χ0v) is 8.49. The largest absolute Gasteiger partial charge is 0.348 e. The molecule has 0 atom stereocenters. The number of carbonyl (C=O) groups excluding carboxylic acids is 2. The van der Waals surface area contributed by atoms with Crippen molar-refractivity contribution in [3.8, 4) is 0 Å². The lowest BCUT2D eigenvalue weighted by Gasteiger charge is -2.03. The first-order valence-electron chi connectivity index (χ1n) is 4.74. The van der Waals surface area contributed by atoms with Crippen molar-refractivity contribution < 1.29 is 9.59 Å². The number of nitrogens with one attached hydrogen (secondary N) is 2. The summed E-state index contributed by atoms with van der Waals surface area (Å²) in [4.78, 5) is 26.3. The molecule has 0 aliphatic rings. The second-order valence-electron chi connectivity index (χ2n) is 2.93. The Balaban J connectivity index is 2.45. The normalized spacial score (nSPS) is 9.40. The molecular formula is C10H13N3O2. The second-order valence-corrected chi connectivity index (χ2v) is 2.93. The Labute approximate surface area is 87.9 Å². The lowest BCUT2D eigenvalue weighted by Crippen LogP contribution is -2.35. The van der Waals surface area contributed by atoms with Crippen molar-refractivity contribution in [2.45, 2.75) is 13.3 Å². The van der Waals surface area contributed by atoms with Crippen molar-refractivity contribution in [1.29, 1.82) is 0 Å². The van der Waals surface area contributed by atoms with E-state index in [1.807, 2.05) is 6.92 Å². The standard InChI is InChI=1S/C10H13N3O2/c1-2-6-12-9(14)10(15)13-8-5-3-4-7-11-8/h3-5,7H,2,6H2,1H3,(H,12,14)(H,11,13,15). The number of amides is 2. The lowest BCUT2D eigenvalue weighted by atomic mass is 10.4. The third kappa shape index (κ3) is 3.76. The van der Waals surface area contributed by atoms with Crippen LogP contribution in [0.5, 0.6) is 0 Å². The monoisotopic (exact) mass is 207 g/mol. The molecule has 0 aliphatic heterocycles. The minimum atomic E-state index is -0.692. The molecule has 2 N–H and O–H groups in total. The van der Waals surface area contributed by atoms with Gasteiger partial charge in [0.05, 0.1) is 0 Å². The fourth-order valence-electron chi connectivity index (χ4n) is 0.929. The summed E-state index contributed by atoms with van der Waals surface area (Å²) in [5.41, 5.74) is 0. The van der Waals surface area contributed by atoms with E-state index in [1.54, 1.807) is 24.4 Å². The third-order valence-electron chi connectivity index (χ3n) is 1.65. The molecule has 0 unspecified atom stereocenters. The smallest absolute Gasteiger partial charge is 0.314 e. The highest BCUT2D eigenvalue weighted by Crippen LogP contribution is 1.98. The average molecular weight is 207 g/mol. The predicted molar refractivity (Wildman–Crippen MR) is 56.2 cm³/mol. The van der Waals surface area contributed by atoms with Crippen LogP contribution in [0.2, 0.25) is 0 Å². The maximum absolute atomic E-state index is 11.3. The van der Waals surface area contributed by atoms with E-state index in [2.05, 4.69) is 15.6 Å². The number of anilines is 1. The Morgan fingerprint density at radius 1 is 1.33 bits per heavy atom. The Bertz CT molecular complexity index is 338. The predicted octanol–water partition coefficient (Wildman–Crippen LogP) is 0.546. The van der Waals surface area contributed by atoms with Gasteiger partial charge in [-0.2, -0.15) is 0 Å². The Hall–Kier alpha value is -1.91. The van der Waals surface area contributed by atoms with E-state index >= 15 is 0 Å². The van der Waals surface area contributed by atoms with Crippen molar-refractivity contribution in [2.24, 2.45) is 0 Å². The van der Waals surface area contributed by atoms with E-state index < -0.39 is 11.8 Å². The molecule has 2 amide bonds. The number of rotatable bonds is 3. The molecule has 1 rings (SSSR count). The topological polar surface area (TPSA) is 71.1 Å². The number of pyridine rings is 1. The molecule has 0 aromatic carbocycles. The fraction of sp³-hybridized carbons (Fsp3) is 0.300. The van der Waals surface area contributed by atoms with Gasteiger partial charge in [0.15, 0.2) is 0 Å². The molecule has 15 heavy (non-hydrogen) atoms. The molecule has 80 valence electrons. The molecule has 0 spiro atoms.